The van der Waals surface area contributed by atoms with Gasteiger partial charge in [-0.15, -0.1) is 22.7 Å². The lowest BCUT2D eigenvalue weighted by atomic mass is 10.1. The lowest BCUT2D eigenvalue weighted by molar-refractivity contribution is 1.07. The van der Waals surface area contributed by atoms with Crippen molar-refractivity contribution in [3.05, 3.63) is 164 Å². The van der Waals surface area contributed by atoms with E-state index >= 15 is 0 Å². The highest BCUT2D eigenvalue weighted by Gasteiger charge is 2.18. The van der Waals surface area contributed by atoms with Crippen molar-refractivity contribution in [1.82, 2.24) is 24.5 Å². The van der Waals surface area contributed by atoms with E-state index in [0.29, 0.717) is 17.5 Å². The zero-order chi connectivity index (χ0) is 34.9. The van der Waals surface area contributed by atoms with Gasteiger partial charge in [-0.25, -0.2) is 19.9 Å². The quantitative estimate of drug-likeness (QED) is 0.178. The van der Waals surface area contributed by atoms with Crippen LogP contribution in [0.5, 0.6) is 0 Å². The van der Waals surface area contributed by atoms with Crippen LogP contribution in [0.4, 0.5) is 0 Å². The minimum Gasteiger partial charge on any atom is -0.309 e. The van der Waals surface area contributed by atoms with Crippen molar-refractivity contribution in [1.29, 1.82) is 0 Å². The summed E-state index contributed by atoms with van der Waals surface area (Å²) in [5.41, 5.74) is 8.30. The highest BCUT2D eigenvalue weighted by molar-refractivity contribution is 7.25. The third kappa shape index (κ3) is 5.04. The van der Waals surface area contributed by atoms with Gasteiger partial charge in [0, 0.05) is 58.9 Å². The largest absolute Gasteiger partial charge is 0.309 e. The summed E-state index contributed by atoms with van der Waals surface area (Å²) in [4.78, 5) is 19.9. The fourth-order valence-electron chi connectivity index (χ4n) is 7.37. The Morgan fingerprint density at radius 1 is 0.358 bits per heavy atom. The van der Waals surface area contributed by atoms with Gasteiger partial charge >= 0.3 is 0 Å². The van der Waals surface area contributed by atoms with E-state index in [4.69, 9.17) is 19.9 Å². The van der Waals surface area contributed by atoms with E-state index in [0.717, 1.165) is 43.2 Å². The van der Waals surface area contributed by atoms with Gasteiger partial charge in [-0.3, -0.25) is 0 Å². The Balaban J connectivity index is 1.02. The summed E-state index contributed by atoms with van der Waals surface area (Å²) in [6.07, 6.45) is 0. The van der Waals surface area contributed by atoms with Gasteiger partial charge in [-0.05, 0) is 54.6 Å². The number of rotatable bonds is 5. The van der Waals surface area contributed by atoms with Crippen LogP contribution in [0.1, 0.15) is 0 Å². The van der Waals surface area contributed by atoms with Crippen molar-refractivity contribution in [3.63, 3.8) is 0 Å². The molecule has 4 heterocycles. The predicted octanol–water partition coefficient (Wildman–Crippen LogP) is 12.6. The lowest BCUT2D eigenvalue weighted by Gasteiger charge is -2.09. The van der Waals surface area contributed by atoms with E-state index in [1.807, 2.05) is 72.0 Å². The number of benzene rings is 7. The molecule has 0 N–H and O–H groups in total. The van der Waals surface area contributed by atoms with Gasteiger partial charge in [0.1, 0.15) is 5.01 Å². The molecule has 0 bridgehead atoms. The number of nitrogens with zero attached hydrogens (tertiary/aromatic N) is 5. The van der Waals surface area contributed by atoms with Crippen LogP contribution in [0.15, 0.2) is 164 Å². The standard InChI is InChI=1S/C46H27N5S2/c1-3-12-28(13-4-1)43-48-44(29-14-5-2-6-15-29)50-45(49-43)30-22-23-41-37(25-30)47-46(53-41)31-16-11-17-32(24-31)51-38-20-9-7-18-33(38)35-26-36-34-19-8-10-21-40(34)52-42(36)27-39(35)51/h1-27H. The Hall–Kier alpha value is -6.54. The molecule has 0 aliphatic rings. The van der Waals surface area contributed by atoms with Crippen LogP contribution in [-0.4, -0.2) is 24.5 Å². The Morgan fingerprint density at radius 3 is 1.79 bits per heavy atom. The Morgan fingerprint density at radius 2 is 1.02 bits per heavy atom. The van der Waals surface area contributed by atoms with Crippen molar-refractivity contribution >= 4 is 74.9 Å². The molecule has 0 saturated carbocycles. The first-order valence-electron chi connectivity index (χ1n) is 17.5. The van der Waals surface area contributed by atoms with Crippen LogP contribution in [-0.2, 0) is 0 Å². The van der Waals surface area contributed by atoms with Crippen LogP contribution >= 0.6 is 22.7 Å². The first-order chi connectivity index (χ1) is 26.2. The van der Waals surface area contributed by atoms with Gasteiger partial charge < -0.3 is 4.57 Å². The van der Waals surface area contributed by atoms with Crippen molar-refractivity contribution in [2.24, 2.45) is 0 Å². The summed E-state index contributed by atoms with van der Waals surface area (Å²) < 4.78 is 6.12. The number of hydrogen-bond donors (Lipinski definition) is 0. The van der Waals surface area contributed by atoms with Gasteiger partial charge in [0.25, 0.3) is 0 Å². The second-order valence-electron chi connectivity index (χ2n) is 13.1. The molecule has 248 valence electrons. The number of para-hydroxylation sites is 1. The molecule has 0 saturated heterocycles. The van der Waals surface area contributed by atoms with E-state index in [1.165, 1.54) is 42.0 Å². The second-order valence-corrected chi connectivity index (χ2v) is 15.2. The zero-order valence-electron chi connectivity index (χ0n) is 28.1. The van der Waals surface area contributed by atoms with Crippen LogP contribution in [0.2, 0.25) is 0 Å². The molecule has 0 fully saturated rings. The topological polar surface area (TPSA) is 56.5 Å². The maximum Gasteiger partial charge on any atom is 0.164 e. The number of hydrogen-bond acceptors (Lipinski definition) is 6. The van der Waals surface area contributed by atoms with Gasteiger partial charge in [0.05, 0.1) is 21.3 Å². The molecule has 0 spiro atoms. The Bertz CT molecular complexity index is 3120. The maximum atomic E-state index is 5.18. The van der Waals surface area contributed by atoms with Gasteiger partial charge in [-0.2, -0.15) is 0 Å². The van der Waals surface area contributed by atoms with E-state index in [9.17, 15) is 0 Å². The lowest BCUT2D eigenvalue weighted by Crippen LogP contribution is -2.00. The predicted molar refractivity (Wildman–Crippen MR) is 222 cm³/mol. The van der Waals surface area contributed by atoms with Crippen molar-refractivity contribution < 1.29 is 0 Å². The first kappa shape index (κ1) is 30.1. The fourth-order valence-corrected chi connectivity index (χ4v) is 9.43. The minimum absolute atomic E-state index is 0.621. The molecule has 53 heavy (non-hydrogen) atoms. The van der Waals surface area contributed by atoms with Crippen molar-refractivity contribution in [3.8, 4) is 50.4 Å². The summed E-state index contributed by atoms with van der Waals surface area (Å²) in [6, 6.07) is 57.4. The summed E-state index contributed by atoms with van der Waals surface area (Å²) in [5.74, 6) is 1.90. The van der Waals surface area contributed by atoms with Crippen molar-refractivity contribution in [2.75, 3.05) is 0 Å². The minimum atomic E-state index is 0.621. The summed E-state index contributed by atoms with van der Waals surface area (Å²) in [5, 5.41) is 6.11. The molecule has 0 aliphatic heterocycles. The zero-order valence-corrected chi connectivity index (χ0v) is 29.8. The van der Waals surface area contributed by atoms with Crippen LogP contribution in [0.3, 0.4) is 0 Å². The molecule has 5 nitrogen and oxygen atoms in total. The molecule has 7 aromatic carbocycles. The van der Waals surface area contributed by atoms with Gasteiger partial charge in [-0.1, -0.05) is 109 Å². The molecule has 0 unspecified atom stereocenters. The molecule has 11 rings (SSSR count). The summed E-state index contributed by atoms with van der Waals surface area (Å²) in [7, 11) is 0. The summed E-state index contributed by atoms with van der Waals surface area (Å²) in [6.45, 7) is 0. The van der Waals surface area contributed by atoms with E-state index in [1.54, 1.807) is 11.3 Å². The Kier molecular flexibility index (Phi) is 6.83. The van der Waals surface area contributed by atoms with E-state index in [-0.39, 0.29) is 0 Å². The average Bonchev–Trinajstić information content (AvgIpc) is 3.92. The molecular formula is C46H27N5S2. The number of thiophene rings is 1. The average molecular weight is 714 g/mol. The SMILES string of the molecule is c1ccc(-c2nc(-c3ccccc3)nc(-c3ccc4sc(-c5cccc(-n6c7ccccc7c7cc8c(cc76)sc6ccccc68)c5)nc4c3)n2)cc1. The maximum absolute atomic E-state index is 5.18. The highest BCUT2D eigenvalue weighted by atomic mass is 32.1. The molecule has 0 radical (unpaired) electrons. The van der Waals surface area contributed by atoms with E-state index in [2.05, 4.69) is 108 Å². The molecule has 0 atom stereocenters. The molecule has 0 aliphatic carbocycles. The van der Waals surface area contributed by atoms with Crippen LogP contribution in [0, 0.1) is 0 Å². The summed E-state index contributed by atoms with van der Waals surface area (Å²) >= 11 is 3.56. The monoisotopic (exact) mass is 713 g/mol. The number of aromatic nitrogens is 5. The molecule has 0 amide bonds. The van der Waals surface area contributed by atoms with Gasteiger partial charge in [0.2, 0.25) is 0 Å². The molecule has 11 aromatic rings. The van der Waals surface area contributed by atoms with Crippen molar-refractivity contribution in [2.45, 2.75) is 0 Å². The smallest absolute Gasteiger partial charge is 0.164 e. The van der Waals surface area contributed by atoms with E-state index < -0.39 is 0 Å². The third-order valence-corrected chi connectivity index (χ3v) is 12.1. The normalized spacial score (nSPS) is 11.8. The fraction of sp³-hybridized carbons (Fsp3) is 0. The molecular weight excluding hydrogens is 687 g/mol. The second kappa shape index (κ2) is 12.0. The van der Waals surface area contributed by atoms with Crippen LogP contribution in [0.25, 0.3) is 103 Å². The Labute approximate surface area is 312 Å². The van der Waals surface area contributed by atoms with Crippen LogP contribution < -0.4 is 0 Å². The number of fused-ring (bicyclic) bond motifs is 7. The highest BCUT2D eigenvalue weighted by Crippen LogP contribution is 2.41. The van der Waals surface area contributed by atoms with Gasteiger partial charge in [0.15, 0.2) is 17.5 Å². The molecule has 4 aromatic heterocycles. The first-order valence-corrected chi connectivity index (χ1v) is 19.1. The third-order valence-electron chi connectivity index (χ3n) is 9.87. The number of thiazole rings is 1. The molecule has 7 heteroatoms.